The molecule has 1 aromatic carbocycles. The first-order valence-electron chi connectivity index (χ1n) is 5.99. The number of hydrogen-bond acceptors (Lipinski definition) is 2. The van der Waals surface area contributed by atoms with E-state index in [1.54, 1.807) is 11.0 Å². The zero-order chi connectivity index (χ0) is 13.1. The van der Waals surface area contributed by atoms with E-state index in [1.165, 1.54) is 12.1 Å². The molecule has 5 heteroatoms. The van der Waals surface area contributed by atoms with Crippen molar-refractivity contribution in [2.45, 2.75) is 25.7 Å². The topological polar surface area (TPSA) is 63.4 Å². The van der Waals surface area contributed by atoms with Gasteiger partial charge >= 0.3 is 0 Å². The second-order valence-electron chi connectivity index (χ2n) is 4.38. The summed E-state index contributed by atoms with van der Waals surface area (Å²) >= 11 is 0. The molecule has 2 N–H and O–H groups in total. The lowest BCUT2D eigenvalue weighted by Crippen LogP contribution is -2.30. The van der Waals surface area contributed by atoms with Crippen LogP contribution in [0.1, 0.15) is 36.0 Å². The second kappa shape index (κ2) is 5.16. The minimum Gasteiger partial charge on any atom is -0.366 e. The molecule has 0 saturated carbocycles. The number of amides is 2. The first-order chi connectivity index (χ1) is 8.59. The molecule has 0 unspecified atom stereocenters. The van der Waals surface area contributed by atoms with Crippen molar-refractivity contribution in [2.24, 2.45) is 5.73 Å². The highest BCUT2D eigenvalue weighted by Gasteiger charge is 2.19. The lowest BCUT2D eigenvalue weighted by Gasteiger charge is -2.20. The summed E-state index contributed by atoms with van der Waals surface area (Å²) in [6.07, 6.45) is 3.27. The van der Waals surface area contributed by atoms with Crippen LogP contribution in [-0.2, 0) is 4.79 Å². The lowest BCUT2D eigenvalue weighted by molar-refractivity contribution is -0.118. The van der Waals surface area contributed by atoms with E-state index in [0.29, 0.717) is 18.7 Å². The summed E-state index contributed by atoms with van der Waals surface area (Å²) < 4.78 is 13.6. The van der Waals surface area contributed by atoms with Gasteiger partial charge in [0.1, 0.15) is 5.82 Å². The number of benzene rings is 1. The predicted octanol–water partition coefficient (Wildman–Crippen LogP) is 1.83. The van der Waals surface area contributed by atoms with E-state index >= 15 is 0 Å². The van der Waals surface area contributed by atoms with Crippen LogP contribution in [0.25, 0.3) is 0 Å². The molecule has 1 saturated heterocycles. The Morgan fingerprint density at radius 1 is 1.28 bits per heavy atom. The van der Waals surface area contributed by atoms with Crippen LogP contribution in [0.15, 0.2) is 18.2 Å². The van der Waals surface area contributed by atoms with Crippen molar-refractivity contribution in [3.8, 4) is 0 Å². The third kappa shape index (κ3) is 2.50. The number of hydrogen-bond donors (Lipinski definition) is 1. The highest BCUT2D eigenvalue weighted by molar-refractivity contribution is 5.96. The number of nitrogens with two attached hydrogens (primary N) is 1. The summed E-state index contributed by atoms with van der Waals surface area (Å²) in [6.45, 7) is 0.591. The first-order valence-corrected chi connectivity index (χ1v) is 5.99. The Hall–Kier alpha value is -1.91. The number of rotatable bonds is 2. The van der Waals surface area contributed by atoms with Crippen molar-refractivity contribution >= 4 is 17.5 Å². The lowest BCUT2D eigenvalue weighted by atomic mass is 10.1. The van der Waals surface area contributed by atoms with Gasteiger partial charge < -0.3 is 10.6 Å². The fraction of sp³-hybridized carbons (Fsp3) is 0.385. The maximum Gasteiger partial charge on any atom is 0.251 e. The summed E-state index contributed by atoms with van der Waals surface area (Å²) in [4.78, 5) is 24.4. The summed E-state index contributed by atoms with van der Waals surface area (Å²) in [6, 6.07) is 4.08. The number of carbonyl (C=O) groups is 2. The van der Waals surface area contributed by atoms with Crippen molar-refractivity contribution in [3.63, 3.8) is 0 Å². The normalized spacial score (nSPS) is 16.5. The summed E-state index contributed by atoms with van der Waals surface area (Å²) in [5, 5.41) is 0. The molecule has 2 amide bonds. The van der Waals surface area contributed by atoms with Gasteiger partial charge in [-0.05, 0) is 31.0 Å². The number of carbonyl (C=O) groups excluding carboxylic acids is 2. The minimum absolute atomic E-state index is 0.00118. The van der Waals surface area contributed by atoms with Gasteiger partial charge in [0.2, 0.25) is 5.91 Å². The van der Waals surface area contributed by atoms with Gasteiger partial charge in [-0.1, -0.05) is 6.42 Å². The Kier molecular flexibility index (Phi) is 3.60. The largest absolute Gasteiger partial charge is 0.366 e. The van der Waals surface area contributed by atoms with Crippen LogP contribution in [0.2, 0.25) is 0 Å². The van der Waals surface area contributed by atoms with Crippen LogP contribution in [0, 0.1) is 5.82 Å². The maximum absolute atomic E-state index is 13.6. The second-order valence-corrected chi connectivity index (χ2v) is 4.38. The Morgan fingerprint density at radius 2 is 2.06 bits per heavy atom. The average Bonchev–Trinajstić information content (AvgIpc) is 2.53. The number of nitrogens with zero attached hydrogens (tertiary/aromatic N) is 1. The van der Waals surface area contributed by atoms with Gasteiger partial charge in [0.05, 0.1) is 5.56 Å². The molecule has 1 aromatic rings. The van der Waals surface area contributed by atoms with Crippen molar-refractivity contribution < 1.29 is 14.0 Å². The molecule has 0 aromatic heterocycles. The Morgan fingerprint density at radius 3 is 2.72 bits per heavy atom. The van der Waals surface area contributed by atoms with Crippen molar-refractivity contribution in [2.75, 3.05) is 11.4 Å². The van der Waals surface area contributed by atoms with E-state index in [0.717, 1.165) is 19.3 Å². The van der Waals surface area contributed by atoms with Crippen LogP contribution in [0.4, 0.5) is 10.1 Å². The first kappa shape index (κ1) is 12.5. The quantitative estimate of drug-likeness (QED) is 0.870. The van der Waals surface area contributed by atoms with Crippen LogP contribution in [0.5, 0.6) is 0 Å². The summed E-state index contributed by atoms with van der Waals surface area (Å²) in [5.74, 6) is -1.49. The van der Waals surface area contributed by atoms with E-state index in [9.17, 15) is 14.0 Å². The van der Waals surface area contributed by atoms with Crippen LogP contribution >= 0.6 is 0 Å². The molecule has 0 atom stereocenters. The molecule has 2 rings (SSSR count). The van der Waals surface area contributed by atoms with Crippen molar-refractivity contribution in [3.05, 3.63) is 29.6 Å². The Balaban J connectivity index is 2.30. The van der Waals surface area contributed by atoms with E-state index in [4.69, 9.17) is 5.73 Å². The third-order valence-corrected chi connectivity index (χ3v) is 3.10. The monoisotopic (exact) mass is 250 g/mol. The van der Waals surface area contributed by atoms with E-state index < -0.39 is 11.7 Å². The number of halogens is 1. The molecule has 0 spiro atoms. The van der Waals surface area contributed by atoms with E-state index in [1.807, 2.05) is 0 Å². The average molecular weight is 250 g/mol. The maximum atomic E-state index is 13.6. The smallest absolute Gasteiger partial charge is 0.251 e. The van der Waals surface area contributed by atoms with E-state index in [-0.39, 0.29) is 11.5 Å². The van der Waals surface area contributed by atoms with Crippen LogP contribution in [-0.4, -0.2) is 18.4 Å². The zero-order valence-corrected chi connectivity index (χ0v) is 9.99. The van der Waals surface area contributed by atoms with Gasteiger partial charge in [0.15, 0.2) is 0 Å². The molecular formula is C13H15FN2O2. The molecule has 0 aliphatic carbocycles. The third-order valence-electron chi connectivity index (χ3n) is 3.10. The Labute approximate surface area is 105 Å². The van der Waals surface area contributed by atoms with Crippen molar-refractivity contribution in [1.82, 2.24) is 0 Å². The molecule has 0 radical (unpaired) electrons. The fourth-order valence-electron chi connectivity index (χ4n) is 2.13. The molecule has 1 aliphatic rings. The molecule has 96 valence electrons. The summed E-state index contributed by atoms with van der Waals surface area (Å²) in [7, 11) is 0. The molecule has 4 nitrogen and oxygen atoms in total. The van der Waals surface area contributed by atoms with Gasteiger partial charge in [0.25, 0.3) is 5.91 Å². The number of primary amides is 1. The SMILES string of the molecule is NC(=O)c1ccc(N2CCCCCC2=O)cc1F. The highest BCUT2D eigenvalue weighted by Crippen LogP contribution is 2.22. The highest BCUT2D eigenvalue weighted by atomic mass is 19.1. The molecule has 1 aliphatic heterocycles. The van der Waals surface area contributed by atoms with Crippen LogP contribution in [0.3, 0.4) is 0 Å². The Bertz CT molecular complexity index is 488. The predicted molar refractivity (Wildman–Crippen MR) is 65.7 cm³/mol. The van der Waals surface area contributed by atoms with Crippen molar-refractivity contribution in [1.29, 1.82) is 0 Å². The standard InChI is InChI=1S/C13H15FN2O2/c14-11-8-9(5-6-10(11)13(15)18)16-7-3-1-2-4-12(16)17/h5-6,8H,1-4,7H2,(H2,15,18). The summed E-state index contributed by atoms with van der Waals surface area (Å²) in [5.41, 5.74) is 5.37. The molecular weight excluding hydrogens is 235 g/mol. The fourth-order valence-corrected chi connectivity index (χ4v) is 2.13. The zero-order valence-electron chi connectivity index (χ0n) is 9.99. The van der Waals surface area contributed by atoms with Gasteiger partial charge in [-0.3, -0.25) is 9.59 Å². The molecule has 18 heavy (non-hydrogen) atoms. The number of anilines is 1. The van der Waals surface area contributed by atoms with Crippen LogP contribution < -0.4 is 10.6 Å². The van der Waals surface area contributed by atoms with Gasteiger partial charge in [-0.2, -0.15) is 0 Å². The van der Waals surface area contributed by atoms with Gasteiger partial charge in [0, 0.05) is 18.7 Å². The van der Waals surface area contributed by atoms with E-state index in [2.05, 4.69) is 0 Å². The molecule has 0 bridgehead atoms. The van der Waals surface area contributed by atoms with Gasteiger partial charge in [-0.15, -0.1) is 0 Å². The van der Waals surface area contributed by atoms with Gasteiger partial charge in [-0.25, -0.2) is 4.39 Å². The minimum atomic E-state index is -0.804. The molecule has 1 heterocycles. The molecule has 1 fully saturated rings.